The standard InChI is InChI=1S/C38H44N6O4/c1-26(45)41-15-10-28(11-16-41)37(46)43-17-12-32(13-18-43)42-19-21-44(22-20-42)38(47)31-24-35(27-3-6-33(48-2)7-4-27)40-36(25-31)29-5-8-34-30(23-29)9-14-39-34/h3-9,14,23-25,28,32,39H,10-13,15-22H2,1-2H3. The molecule has 7 rings (SSSR count). The third-order valence-corrected chi connectivity index (χ3v) is 10.5. The van der Waals surface area contributed by atoms with Gasteiger partial charge in [-0.25, -0.2) is 4.98 Å². The number of H-pyrrole nitrogens is 1. The van der Waals surface area contributed by atoms with Gasteiger partial charge in [-0.15, -0.1) is 0 Å². The number of piperidine rings is 2. The fourth-order valence-corrected chi connectivity index (χ4v) is 7.55. The Morgan fingerprint density at radius 2 is 1.38 bits per heavy atom. The summed E-state index contributed by atoms with van der Waals surface area (Å²) in [6.07, 6.45) is 5.36. The normalized spacial score (nSPS) is 18.3. The molecule has 10 heteroatoms. The minimum absolute atomic E-state index is 0.0204. The molecule has 0 aliphatic carbocycles. The van der Waals surface area contributed by atoms with E-state index in [-0.39, 0.29) is 23.6 Å². The van der Waals surface area contributed by atoms with Gasteiger partial charge in [0, 0.05) is 105 Å². The summed E-state index contributed by atoms with van der Waals surface area (Å²) in [5.74, 6) is 1.17. The number of nitrogens with one attached hydrogen (secondary N) is 1. The van der Waals surface area contributed by atoms with Gasteiger partial charge >= 0.3 is 0 Å². The summed E-state index contributed by atoms with van der Waals surface area (Å²) < 4.78 is 5.36. The van der Waals surface area contributed by atoms with Crippen LogP contribution >= 0.6 is 0 Å². The quantitative estimate of drug-likeness (QED) is 0.319. The van der Waals surface area contributed by atoms with E-state index < -0.39 is 0 Å². The number of hydrogen-bond donors (Lipinski definition) is 1. The molecule has 0 spiro atoms. The number of benzene rings is 2. The van der Waals surface area contributed by atoms with E-state index in [1.54, 1.807) is 14.0 Å². The van der Waals surface area contributed by atoms with Crippen molar-refractivity contribution in [3.8, 4) is 28.3 Å². The van der Waals surface area contributed by atoms with E-state index in [9.17, 15) is 14.4 Å². The van der Waals surface area contributed by atoms with Crippen LogP contribution in [0.1, 0.15) is 43.0 Å². The van der Waals surface area contributed by atoms with Crippen molar-refractivity contribution in [3.05, 3.63) is 72.4 Å². The van der Waals surface area contributed by atoms with Gasteiger partial charge in [-0.05, 0) is 80.3 Å². The van der Waals surface area contributed by atoms with E-state index in [0.29, 0.717) is 37.8 Å². The molecule has 1 N–H and O–H groups in total. The maximum absolute atomic E-state index is 14.0. The van der Waals surface area contributed by atoms with Gasteiger partial charge in [0.1, 0.15) is 5.75 Å². The molecule has 0 radical (unpaired) electrons. The lowest BCUT2D eigenvalue weighted by molar-refractivity contribution is -0.141. The number of nitrogens with zero attached hydrogens (tertiary/aromatic N) is 5. The zero-order chi connectivity index (χ0) is 33.2. The Balaban J connectivity index is 1.00. The molecule has 3 fully saturated rings. The number of piperazine rings is 1. The molecule has 3 aliphatic rings. The van der Waals surface area contributed by atoms with Gasteiger partial charge in [-0.1, -0.05) is 6.07 Å². The van der Waals surface area contributed by atoms with Crippen molar-refractivity contribution in [2.24, 2.45) is 5.92 Å². The molecular weight excluding hydrogens is 604 g/mol. The van der Waals surface area contributed by atoms with Crippen molar-refractivity contribution >= 4 is 28.6 Å². The molecule has 0 saturated carbocycles. The monoisotopic (exact) mass is 648 g/mol. The van der Waals surface area contributed by atoms with Crippen molar-refractivity contribution in [1.29, 1.82) is 0 Å². The van der Waals surface area contributed by atoms with Crippen LogP contribution in [0.4, 0.5) is 0 Å². The van der Waals surface area contributed by atoms with Crippen LogP contribution in [-0.2, 0) is 9.59 Å². The summed E-state index contributed by atoms with van der Waals surface area (Å²) >= 11 is 0. The summed E-state index contributed by atoms with van der Waals surface area (Å²) in [6, 6.07) is 20.3. The number of methoxy groups -OCH3 is 1. The van der Waals surface area contributed by atoms with Gasteiger partial charge in [0.15, 0.2) is 0 Å². The Hall–Kier alpha value is -4.70. The molecule has 2 aromatic heterocycles. The Morgan fingerprint density at radius 3 is 2.04 bits per heavy atom. The number of aromatic amines is 1. The van der Waals surface area contributed by atoms with Crippen molar-refractivity contribution in [2.75, 3.05) is 59.5 Å². The van der Waals surface area contributed by atoms with Crippen LogP contribution in [0.3, 0.4) is 0 Å². The number of carbonyl (C=O) groups is 3. The molecule has 3 aliphatic heterocycles. The van der Waals surface area contributed by atoms with E-state index in [1.165, 1.54) is 0 Å². The van der Waals surface area contributed by atoms with Gasteiger partial charge in [0.2, 0.25) is 11.8 Å². The molecular formula is C38H44N6O4. The van der Waals surface area contributed by atoms with Gasteiger partial charge in [-0.2, -0.15) is 0 Å². The van der Waals surface area contributed by atoms with E-state index in [0.717, 1.165) is 91.0 Å². The van der Waals surface area contributed by atoms with Gasteiger partial charge in [0.25, 0.3) is 5.91 Å². The minimum Gasteiger partial charge on any atom is -0.497 e. The lowest BCUT2D eigenvalue weighted by Crippen LogP contribution is -2.55. The highest BCUT2D eigenvalue weighted by Gasteiger charge is 2.34. The zero-order valence-electron chi connectivity index (χ0n) is 27.9. The fourth-order valence-electron chi connectivity index (χ4n) is 7.55. The van der Waals surface area contributed by atoms with E-state index in [4.69, 9.17) is 9.72 Å². The molecule has 2 aromatic carbocycles. The number of aromatic nitrogens is 2. The first-order valence-corrected chi connectivity index (χ1v) is 17.2. The first kappa shape index (κ1) is 31.9. The van der Waals surface area contributed by atoms with Gasteiger partial charge < -0.3 is 24.4 Å². The highest BCUT2D eigenvalue weighted by molar-refractivity contribution is 5.97. The molecule has 0 bridgehead atoms. The van der Waals surface area contributed by atoms with Crippen molar-refractivity contribution < 1.29 is 19.1 Å². The number of ether oxygens (including phenoxy) is 1. The van der Waals surface area contributed by atoms with Gasteiger partial charge in [0.05, 0.1) is 18.5 Å². The van der Waals surface area contributed by atoms with Crippen molar-refractivity contribution in [1.82, 2.24) is 29.6 Å². The van der Waals surface area contributed by atoms with Crippen molar-refractivity contribution in [2.45, 2.75) is 38.6 Å². The number of likely N-dealkylation sites (tertiary alicyclic amines) is 2. The lowest BCUT2D eigenvalue weighted by atomic mass is 9.93. The fraction of sp³-hybridized carbons (Fsp3) is 0.421. The minimum atomic E-state index is 0.0204. The largest absolute Gasteiger partial charge is 0.497 e. The highest BCUT2D eigenvalue weighted by Crippen LogP contribution is 2.30. The second kappa shape index (κ2) is 13.8. The van der Waals surface area contributed by atoms with E-state index in [1.807, 2.05) is 75.5 Å². The number of pyridine rings is 1. The van der Waals surface area contributed by atoms with Crippen LogP contribution in [0.15, 0.2) is 66.9 Å². The average Bonchev–Trinajstić information content (AvgIpc) is 3.62. The molecule has 48 heavy (non-hydrogen) atoms. The highest BCUT2D eigenvalue weighted by atomic mass is 16.5. The van der Waals surface area contributed by atoms with Crippen LogP contribution in [0.5, 0.6) is 5.75 Å². The molecule has 0 atom stereocenters. The number of amides is 3. The van der Waals surface area contributed by atoms with Crippen LogP contribution in [0.2, 0.25) is 0 Å². The summed E-state index contributed by atoms with van der Waals surface area (Å²) in [5.41, 5.74) is 5.08. The predicted octanol–water partition coefficient (Wildman–Crippen LogP) is 4.91. The Bertz CT molecular complexity index is 1780. The summed E-state index contributed by atoms with van der Waals surface area (Å²) in [4.78, 5) is 55.5. The smallest absolute Gasteiger partial charge is 0.254 e. The van der Waals surface area contributed by atoms with E-state index >= 15 is 0 Å². The first-order valence-electron chi connectivity index (χ1n) is 17.2. The van der Waals surface area contributed by atoms with Crippen molar-refractivity contribution in [3.63, 3.8) is 0 Å². The lowest BCUT2D eigenvalue weighted by Gasteiger charge is -2.43. The zero-order valence-corrected chi connectivity index (χ0v) is 27.9. The maximum atomic E-state index is 14.0. The Kier molecular flexibility index (Phi) is 9.17. The summed E-state index contributed by atoms with van der Waals surface area (Å²) in [6.45, 7) is 7.48. The average molecular weight is 649 g/mol. The van der Waals surface area contributed by atoms with Crippen LogP contribution < -0.4 is 4.74 Å². The second-order valence-electron chi connectivity index (χ2n) is 13.3. The molecule has 250 valence electrons. The third-order valence-electron chi connectivity index (χ3n) is 10.5. The number of hydrogen-bond acceptors (Lipinski definition) is 6. The molecule has 10 nitrogen and oxygen atoms in total. The Labute approximate surface area is 281 Å². The Morgan fingerprint density at radius 1 is 0.729 bits per heavy atom. The molecule has 0 unspecified atom stereocenters. The maximum Gasteiger partial charge on any atom is 0.254 e. The molecule has 3 amide bonds. The molecule has 5 heterocycles. The van der Waals surface area contributed by atoms with Crippen LogP contribution in [0, 0.1) is 5.92 Å². The van der Waals surface area contributed by atoms with Crippen LogP contribution in [0.25, 0.3) is 33.4 Å². The molecule has 3 saturated heterocycles. The summed E-state index contributed by atoms with van der Waals surface area (Å²) in [7, 11) is 1.65. The predicted molar refractivity (Wildman–Crippen MR) is 186 cm³/mol. The number of rotatable bonds is 6. The number of carbonyl (C=O) groups excluding carboxylic acids is 3. The van der Waals surface area contributed by atoms with Crippen LogP contribution in [-0.4, -0.2) is 113 Å². The summed E-state index contributed by atoms with van der Waals surface area (Å²) in [5, 5.41) is 1.10. The second-order valence-corrected chi connectivity index (χ2v) is 13.3. The van der Waals surface area contributed by atoms with Gasteiger partial charge in [-0.3, -0.25) is 19.3 Å². The topological polar surface area (TPSA) is 102 Å². The first-order chi connectivity index (χ1) is 23.4. The molecule has 4 aromatic rings. The third kappa shape index (κ3) is 6.67. The van der Waals surface area contributed by atoms with E-state index in [2.05, 4.69) is 16.0 Å². The number of fused-ring (bicyclic) bond motifs is 1. The SMILES string of the molecule is COc1ccc(-c2cc(C(=O)N3CCN(C4CCN(C(=O)C5CCN(C(C)=O)CC5)CC4)CC3)cc(-c3ccc4[nH]ccc4c3)n2)cc1.